The molecular formula is C8H13ClN2O2. The van der Waals surface area contributed by atoms with Crippen molar-refractivity contribution in [2.75, 3.05) is 19.6 Å². The normalized spacial score (nSPS) is 10.6. The minimum atomic E-state index is 0.608. The highest BCUT2D eigenvalue weighted by Crippen LogP contribution is 2.03. The zero-order valence-electron chi connectivity index (χ0n) is 7.62. The molecule has 0 saturated carbocycles. The summed E-state index contributed by atoms with van der Waals surface area (Å²) in [5, 5.41) is 7.74. The van der Waals surface area contributed by atoms with E-state index in [0.717, 1.165) is 12.8 Å². The van der Waals surface area contributed by atoms with Gasteiger partial charge in [0.05, 0.1) is 6.61 Å². The largest absolute Gasteiger partial charge is 0.425 e. The number of aromatic nitrogens is 2. The zero-order valence-corrected chi connectivity index (χ0v) is 8.38. The van der Waals surface area contributed by atoms with Crippen molar-refractivity contribution in [1.29, 1.82) is 0 Å². The van der Waals surface area contributed by atoms with Crippen LogP contribution < -0.4 is 0 Å². The van der Waals surface area contributed by atoms with Crippen LogP contribution in [0.3, 0.4) is 0 Å². The second-order valence-corrected chi connectivity index (χ2v) is 3.00. The molecule has 0 radical (unpaired) electrons. The second kappa shape index (κ2) is 5.94. The van der Waals surface area contributed by atoms with E-state index in [1.165, 1.54) is 0 Å². The molecule has 0 aliphatic carbocycles. The van der Waals surface area contributed by atoms with Crippen molar-refractivity contribution < 1.29 is 9.15 Å². The van der Waals surface area contributed by atoms with Crippen LogP contribution in [0.2, 0.25) is 0 Å². The summed E-state index contributed by atoms with van der Waals surface area (Å²) in [7, 11) is 1.64. The summed E-state index contributed by atoms with van der Waals surface area (Å²) < 4.78 is 10.2. The summed E-state index contributed by atoms with van der Waals surface area (Å²) in [5.74, 6) is 1.91. The van der Waals surface area contributed by atoms with E-state index in [4.69, 9.17) is 20.8 Å². The molecule has 1 heterocycles. The Morgan fingerprint density at radius 3 is 2.62 bits per heavy atom. The molecule has 74 valence electrons. The Labute approximate surface area is 82.2 Å². The quantitative estimate of drug-likeness (QED) is 0.658. The lowest BCUT2D eigenvalue weighted by Crippen LogP contribution is -1.93. The van der Waals surface area contributed by atoms with Crippen molar-refractivity contribution in [3.05, 3.63) is 11.8 Å². The van der Waals surface area contributed by atoms with E-state index in [9.17, 15) is 0 Å². The third-order valence-corrected chi connectivity index (χ3v) is 1.82. The molecule has 0 fully saturated rings. The van der Waals surface area contributed by atoms with Crippen molar-refractivity contribution in [2.45, 2.75) is 19.3 Å². The molecule has 4 nitrogen and oxygen atoms in total. The standard InChI is InChI=1S/C8H13ClN2O2/c1-12-6-4-8-11-10-7(13-8)3-2-5-9/h2-6H2,1H3. The first-order valence-electron chi connectivity index (χ1n) is 4.23. The molecule has 0 aliphatic heterocycles. The Morgan fingerprint density at radius 2 is 2.00 bits per heavy atom. The average Bonchev–Trinajstić information content (AvgIpc) is 2.59. The number of hydrogen-bond donors (Lipinski definition) is 0. The SMILES string of the molecule is COCCc1nnc(CCCCl)o1. The van der Waals surface area contributed by atoms with E-state index >= 15 is 0 Å². The third kappa shape index (κ3) is 3.74. The van der Waals surface area contributed by atoms with Crippen molar-refractivity contribution in [1.82, 2.24) is 10.2 Å². The van der Waals surface area contributed by atoms with E-state index in [1.807, 2.05) is 0 Å². The Bertz CT molecular complexity index is 217. The maximum absolute atomic E-state index is 5.53. The van der Waals surface area contributed by atoms with Gasteiger partial charge in [0.25, 0.3) is 0 Å². The maximum atomic E-state index is 5.53. The number of methoxy groups -OCH3 is 1. The topological polar surface area (TPSA) is 48.2 Å². The van der Waals surface area contributed by atoms with Crippen LogP contribution in [-0.2, 0) is 17.6 Å². The lowest BCUT2D eigenvalue weighted by atomic mass is 10.3. The molecule has 0 saturated heterocycles. The smallest absolute Gasteiger partial charge is 0.218 e. The molecular weight excluding hydrogens is 192 g/mol. The molecule has 13 heavy (non-hydrogen) atoms. The second-order valence-electron chi connectivity index (χ2n) is 2.62. The zero-order chi connectivity index (χ0) is 9.52. The molecule has 0 atom stereocenters. The van der Waals surface area contributed by atoms with Gasteiger partial charge in [-0.15, -0.1) is 21.8 Å². The van der Waals surface area contributed by atoms with Crippen molar-refractivity contribution in [3.8, 4) is 0 Å². The fourth-order valence-electron chi connectivity index (χ4n) is 0.898. The highest BCUT2D eigenvalue weighted by Gasteiger charge is 2.04. The highest BCUT2D eigenvalue weighted by molar-refractivity contribution is 6.17. The van der Waals surface area contributed by atoms with Gasteiger partial charge in [-0.25, -0.2) is 0 Å². The van der Waals surface area contributed by atoms with Gasteiger partial charge in [-0.3, -0.25) is 0 Å². The van der Waals surface area contributed by atoms with Crippen LogP contribution in [0.15, 0.2) is 4.42 Å². The van der Waals surface area contributed by atoms with Crippen LogP contribution in [0, 0.1) is 0 Å². The van der Waals surface area contributed by atoms with E-state index in [0.29, 0.717) is 30.7 Å². The van der Waals surface area contributed by atoms with Gasteiger partial charge < -0.3 is 9.15 Å². The monoisotopic (exact) mass is 204 g/mol. The fourth-order valence-corrected chi connectivity index (χ4v) is 1.03. The van der Waals surface area contributed by atoms with E-state index < -0.39 is 0 Å². The van der Waals surface area contributed by atoms with Crippen LogP contribution >= 0.6 is 11.6 Å². The van der Waals surface area contributed by atoms with Crippen LogP contribution in [0.5, 0.6) is 0 Å². The Balaban J connectivity index is 2.34. The number of halogens is 1. The van der Waals surface area contributed by atoms with Crippen molar-refractivity contribution in [2.24, 2.45) is 0 Å². The average molecular weight is 205 g/mol. The molecule has 0 aromatic carbocycles. The minimum absolute atomic E-state index is 0.608. The molecule has 1 rings (SSSR count). The first-order chi connectivity index (χ1) is 6.36. The van der Waals surface area contributed by atoms with Gasteiger partial charge in [0.2, 0.25) is 11.8 Å². The summed E-state index contributed by atoms with van der Waals surface area (Å²) >= 11 is 5.53. The molecule has 0 aliphatic rings. The van der Waals surface area contributed by atoms with Gasteiger partial charge >= 0.3 is 0 Å². The van der Waals surface area contributed by atoms with Crippen LogP contribution in [0.4, 0.5) is 0 Å². The number of hydrogen-bond acceptors (Lipinski definition) is 4. The van der Waals surface area contributed by atoms with E-state index in [2.05, 4.69) is 10.2 Å². The van der Waals surface area contributed by atoms with Crippen molar-refractivity contribution in [3.63, 3.8) is 0 Å². The lowest BCUT2D eigenvalue weighted by Gasteiger charge is -1.92. The summed E-state index contributed by atoms with van der Waals surface area (Å²) in [6.07, 6.45) is 2.29. The predicted molar refractivity (Wildman–Crippen MR) is 48.9 cm³/mol. The van der Waals surface area contributed by atoms with E-state index in [1.54, 1.807) is 7.11 Å². The molecule has 1 aromatic heterocycles. The van der Waals surface area contributed by atoms with Gasteiger partial charge in [-0.05, 0) is 6.42 Å². The first-order valence-corrected chi connectivity index (χ1v) is 4.76. The Morgan fingerprint density at radius 1 is 1.31 bits per heavy atom. The van der Waals surface area contributed by atoms with Crippen LogP contribution in [0.1, 0.15) is 18.2 Å². The molecule has 0 N–H and O–H groups in total. The molecule has 0 spiro atoms. The number of nitrogens with zero attached hydrogens (tertiary/aromatic N) is 2. The van der Waals surface area contributed by atoms with Gasteiger partial charge in [0.15, 0.2) is 0 Å². The third-order valence-electron chi connectivity index (χ3n) is 1.55. The molecule has 0 unspecified atom stereocenters. The van der Waals surface area contributed by atoms with Gasteiger partial charge in [0, 0.05) is 25.8 Å². The molecule has 1 aromatic rings. The predicted octanol–water partition coefficient (Wildman–Crippen LogP) is 1.43. The highest BCUT2D eigenvalue weighted by atomic mass is 35.5. The summed E-state index contributed by atoms with van der Waals surface area (Å²) in [6, 6.07) is 0. The van der Waals surface area contributed by atoms with Gasteiger partial charge in [-0.2, -0.15) is 0 Å². The fraction of sp³-hybridized carbons (Fsp3) is 0.750. The molecule has 5 heteroatoms. The van der Waals surface area contributed by atoms with Gasteiger partial charge in [0.1, 0.15) is 0 Å². The lowest BCUT2D eigenvalue weighted by molar-refractivity contribution is 0.194. The van der Waals surface area contributed by atoms with Crippen molar-refractivity contribution >= 4 is 11.6 Å². The number of alkyl halides is 1. The number of aryl methyl sites for hydroxylation is 1. The Hall–Kier alpha value is -0.610. The molecule has 0 amide bonds. The van der Waals surface area contributed by atoms with Crippen LogP contribution in [0.25, 0.3) is 0 Å². The number of rotatable bonds is 6. The van der Waals surface area contributed by atoms with Crippen LogP contribution in [-0.4, -0.2) is 29.8 Å². The first kappa shape index (κ1) is 10.5. The minimum Gasteiger partial charge on any atom is -0.425 e. The summed E-state index contributed by atoms with van der Waals surface area (Å²) in [4.78, 5) is 0. The number of ether oxygens (including phenoxy) is 1. The summed E-state index contributed by atoms with van der Waals surface area (Å²) in [6.45, 7) is 0.608. The Kier molecular flexibility index (Phi) is 4.78. The van der Waals surface area contributed by atoms with E-state index in [-0.39, 0.29) is 0 Å². The summed E-state index contributed by atoms with van der Waals surface area (Å²) in [5.41, 5.74) is 0. The van der Waals surface area contributed by atoms with Gasteiger partial charge in [-0.1, -0.05) is 0 Å². The molecule has 0 bridgehead atoms. The maximum Gasteiger partial charge on any atom is 0.218 e.